The number of hydrogen-bond acceptors (Lipinski definition) is 4. The van der Waals surface area contributed by atoms with Crippen LogP contribution in [-0.2, 0) is 11.2 Å². The first kappa shape index (κ1) is 18.4. The Labute approximate surface area is 157 Å². The fraction of sp³-hybridized carbons (Fsp3) is 0.190. The average Bonchev–Trinajstić information content (AvgIpc) is 2.99. The number of aryl methyl sites for hydroxylation is 3. The first-order valence-corrected chi connectivity index (χ1v) is 8.70. The summed E-state index contributed by atoms with van der Waals surface area (Å²) in [4.78, 5) is 28.6. The van der Waals surface area contributed by atoms with Crippen molar-refractivity contribution in [2.45, 2.75) is 26.7 Å². The van der Waals surface area contributed by atoms with Crippen LogP contribution >= 0.6 is 0 Å². The van der Waals surface area contributed by atoms with E-state index in [-0.39, 0.29) is 17.5 Å². The molecule has 0 radical (unpaired) electrons. The minimum Gasteiger partial charge on any atom is -0.445 e. The Morgan fingerprint density at radius 1 is 0.963 bits per heavy atom. The van der Waals surface area contributed by atoms with Crippen LogP contribution in [0.4, 0.5) is 11.4 Å². The van der Waals surface area contributed by atoms with Gasteiger partial charge in [-0.3, -0.25) is 9.59 Å². The second kappa shape index (κ2) is 8.31. The lowest BCUT2D eigenvalue weighted by Gasteiger charge is -2.08. The Morgan fingerprint density at radius 2 is 1.67 bits per heavy atom. The molecule has 3 aromatic rings. The van der Waals surface area contributed by atoms with Crippen LogP contribution in [0.1, 0.15) is 34.1 Å². The summed E-state index contributed by atoms with van der Waals surface area (Å²) in [5.74, 6) is 0.481. The number of benzene rings is 2. The van der Waals surface area contributed by atoms with Gasteiger partial charge in [-0.2, -0.15) is 0 Å². The van der Waals surface area contributed by atoms with E-state index in [1.807, 2.05) is 30.3 Å². The van der Waals surface area contributed by atoms with Crippen LogP contribution in [0.25, 0.3) is 0 Å². The molecule has 6 heteroatoms. The summed E-state index contributed by atoms with van der Waals surface area (Å²) in [6, 6.07) is 16.9. The highest BCUT2D eigenvalue weighted by atomic mass is 16.4. The maximum atomic E-state index is 12.3. The highest BCUT2D eigenvalue weighted by Gasteiger charge is 2.15. The van der Waals surface area contributed by atoms with E-state index < -0.39 is 0 Å². The van der Waals surface area contributed by atoms with Crippen molar-refractivity contribution < 1.29 is 14.0 Å². The molecule has 0 unspecified atom stereocenters. The van der Waals surface area contributed by atoms with Gasteiger partial charge in [0, 0.05) is 24.7 Å². The van der Waals surface area contributed by atoms with Gasteiger partial charge in [-0.1, -0.05) is 36.4 Å². The molecule has 138 valence electrons. The van der Waals surface area contributed by atoms with Crippen molar-refractivity contribution in [2.24, 2.45) is 0 Å². The Bertz CT molecular complexity index is 948. The molecule has 0 aliphatic carbocycles. The molecule has 1 aromatic heterocycles. The quantitative estimate of drug-likeness (QED) is 0.690. The normalized spacial score (nSPS) is 10.4. The second-order valence-corrected chi connectivity index (χ2v) is 6.21. The summed E-state index contributed by atoms with van der Waals surface area (Å²) in [6.45, 7) is 3.38. The lowest BCUT2D eigenvalue weighted by Crippen LogP contribution is -2.15. The van der Waals surface area contributed by atoms with Crippen LogP contribution in [-0.4, -0.2) is 16.8 Å². The highest BCUT2D eigenvalue weighted by Crippen LogP contribution is 2.18. The van der Waals surface area contributed by atoms with Crippen LogP contribution in [0.5, 0.6) is 0 Å². The third kappa shape index (κ3) is 5.04. The minimum atomic E-state index is -0.350. The number of carbonyl (C=O) groups excluding carboxylic acids is 2. The number of carbonyl (C=O) groups is 2. The van der Waals surface area contributed by atoms with E-state index in [0.29, 0.717) is 35.9 Å². The topological polar surface area (TPSA) is 84.2 Å². The van der Waals surface area contributed by atoms with Gasteiger partial charge in [0.25, 0.3) is 5.91 Å². The SMILES string of the molecule is Cc1nc(C(=O)Nc2cccc(NC(=O)CCc3ccccc3)c2)c(C)o1. The molecule has 0 fully saturated rings. The van der Waals surface area contributed by atoms with Gasteiger partial charge in [-0.25, -0.2) is 4.98 Å². The largest absolute Gasteiger partial charge is 0.445 e. The number of hydrogen-bond donors (Lipinski definition) is 2. The maximum Gasteiger partial charge on any atom is 0.277 e. The Morgan fingerprint density at radius 3 is 2.33 bits per heavy atom. The van der Waals surface area contributed by atoms with Gasteiger partial charge in [-0.15, -0.1) is 0 Å². The minimum absolute atomic E-state index is 0.0784. The number of amides is 2. The summed E-state index contributed by atoms with van der Waals surface area (Å²) >= 11 is 0. The predicted molar refractivity (Wildman–Crippen MR) is 104 cm³/mol. The number of nitrogens with zero attached hydrogens (tertiary/aromatic N) is 1. The van der Waals surface area contributed by atoms with Gasteiger partial charge in [0.05, 0.1) is 0 Å². The van der Waals surface area contributed by atoms with Gasteiger partial charge >= 0.3 is 0 Å². The van der Waals surface area contributed by atoms with Crippen molar-refractivity contribution in [1.82, 2.24) is 4.98 Å². The highest BCUT2D eigenvalue weighted by molar-refractivity contribution is 6.04. The van der Waals surface area contributed by atoms with E-state index in [2.05, 4.69) is 15.6 Å². The molecule has 2 amide bonds. The van der Waals surface area contributed by atoms with Crippen LogP contribution < -0.4 is 10.6 Å². The van der Waals surface area contributed by atoms with E-state index in [4.69, 9.17) is 4.42 Å². The molecule has 0 atom stereocenters. The van der Waals surface area contributed by atoms with Crippen LogP contribution in [0, 0.1) is 13.8 Å². The first-order chi connectivity index (χ1) is 13.0. The predicted octanol–water partition coefficient (Wildman–Crippen LogP) is 4.12. The summed E-state index contributed by atoms with van der Waals surface area (Å²) < 4.78 is 5.28. The fourth-order valence-corrected chi connectivity index (χ4v) is 2.73. The monoisotopic (exact) mass is 363 g/mol. The number of rotatable bonds is 6. The van der Waals surface area contributed by atoms with Gasteiger partial charge in [0.15, 0.2) is 11.6 Å². The number of anilines is 2. The molecule has 0 saturated heterocycles. The third-order valence-corrected chi connectivity index (χ3v) is 4.01. The molecule has 1 heterocycles. The maximum absolute atomic E-state index is 12.3. The molecule has 6 nitrogen and oxygen atoms in total. The molecule has 2 aromatic carbocycles. The first-order valence-electron chi connectivity index (χ1n) is 8.70. The van der Waals surface area contributed by atoms with Crippen LogP contribution in [0.2, 0.25) is 0 Å². The Balaban J connectivity index is 1.59. The summed E-state index contributed by atoms with van der Waals surface area (Å²) in [5, 5.41) is 5.63. The van der Waals surface area contributed by atoms with Crippen molar-refractivity contribution in [3.63, 3.8) is 0 Å². The van der Waals surface area contributed by atoms with Crippen molar-refractivity contribution >= 4 is 23.2 Å². The molecule has 27 heavy (non-hydrogen) atoms. The molecular weight excluding hydrogens is 342 g/mol. The van der Waals surface area contributed by atoms with Gasteiger partial charge < -0.3 is 15.1 Å². The molecule has 0 bridgehead atoms. The summed E-state index contributed by atoms with van der Waals surface area (Å²) in [6.07, 6.45) is 1.06. The number of nitrogens with one attached hydrogen (secondary N) is 2. The Hall–Kier alpha value is -3.41. The second-order valence-electron chi connectivity index (χ2n) is 6.21. The average molecular weight is 363 g/mol. The third-order valence-electron chi connectivity index (χ3n) is 4.01. The summed E-state index contributed by atoms with van der Waals surface area (Å²) in [5.41, 5.74) is 2.57. The molecule has 0 saturated carbocycles. The zero-order valence-corrected chi connectivity index (χ0v) is 15.3. The molecule has 0 aliphatic rings. The lowest BCUT2D eigenvalue weighted by molar-refractivity contribution is -0.116. The number of oxazole rings is 1. The Kier molecular flexibility index (Phi) is 5.66. The van der Waals surface area contributed by atoms with Crippen LogP contribution in [0.3, 0.4) is 0 Å². The van der Waals surface area contributed by atoms with Crippen molar-refractivity contribution in [1.29, 1.82) is 0 Å². The van der Waals surface area contributed by atoms with E-state index in [9.17, 15) is 9.59 Å². The number of aromatic nitrogens is 1. The fourth-order valence-electron chi connectivity index (χ4n) is 2.73. The zero-order valence-electron chi connectivity index (χ0n) is 15.3. The van der Waals surface area contributed by atoms with Gasteiger partial charge in [0.2, 0.25) is 5.91 Å². The van der Waals surface area contributed by atoms with Gasteiger partial charge in [0.1, 0.15) is 5.76 Å². The molecule has 3 rings (SSSR count). The molecule has 2 N–H and O–H groups in total. The van der Waals surface area contributed by atoms with E-state index in [1.165, 1.54) is 0 Å². The standard InChI is InChI=1S/C21H21N3O3/c1-14-20(22-15(2)27-14)21(26)24-18-10-6-9-17(13-18)23-19(25)12-11-16-7-4-3-5-8-16/h3-10,13H,11-12H2,1-2H3,(H,23,25)(H,24,26). The molecule has 0 aliphatic heterocycles. The smallest absolute Gasteiger partial charge is 0.277 e. The van der Waals surface area contributed by atoms with E-state index >= 15 is 0 Å². The van der Waals surface area contributed by atoms with Crippen molar-refractivity contribution in [3.05, 3.63) is 77.5 Å². The molecule has 0 spiro atoms. The van der Waals surface area contributed by atoms with Crippen molar-refractivity contribution in [2.75, 3.05) is 10.6 Å². The lowest BCUT2D eigenvalue weighted by atomic mass is 10.1. The van der Waals surface area contributed by atoms with E-state index in [1.54, 1.807) is 38.1 Å². The molecular formula is C21H21N3O3. The zero-order chi connectivity index (χ0) is 19.2. The van der Waals surface area contributed by atoms with Crippen LogP contribution in [0.15, 0.2) is 59.0 Å². The summed E-state index contributed by atoms with van der Waals surface area (Å²) in [7, 11) is 0. The van der Waals surface area contributed by atoms with E-state index in [0.717, 1.165) is 5.56 Å². The van der Waals surface area contributed by atoms with Crippen molar-refractivity contribution in [3.8, 4) is 0 Å². The van der Waals surface area contributed by atoms with Gasteiger partial charge in [-0.05, 0) is 37.1 Å².